The van der Waals surface area contributed by atoms with E-state index in [-0.39, 0.29) is 11.6 Å². The summed E-state index contributed by atoms with van der Waals surface area (Å²) in [4.78, 5) is 18.1. The first-order valence-corrected chi connectivity index (χ1v) is 10.7. The first kappa shape index (κ1) is 19.8. The van der Waals surface area contributed by atoms with Gasteiger partial charge in [-0.2, -0.15) is 4.73 Å². The average molecular weight is 340 g/mol. The van der Waals surface area contributed by atoms with E-state index in [4.69, 9.17) is 9.57 Å². The lowest BCUT2D eigenvalue weighted by Crippen LogP contribution is -2.61. The van der Waals surface area contributed by atoms with Crippen LogP contribution in [0.1, 0.15) is 26.3 Å². The summed E-state index contributed by atoms with van der Waals surface area (Å²) in [5, 5.41) is 9.67. The highest BCUT2D eigenvalue weighted by Crippen LogP contribution is 2.39. The van der Waals surface area contributed by atoms with Gasteiger partial charge in [-0.05, 0) is 10.6 Å². The SMILES string of the molecule is COC(=O)[C@@H](CO)N(OCc1ccccc1)[Si](C)(C)C(C)(C)C. The fraction of sp³-hybridized carbons (Fsp3) is 0.588. The van der Waals surface area contributed by atoms with Crippen LogP contribution < -0.4 is 0 Å². The van der Waals surface area contributed by atoms with Gasteiger partial charge in [0.2, 0.25) is 0 Å². The van der Waals surface area contributed by atoms with Crippen molar-refractivity contribution >= 4 is 14.2 Å². The lowest BCUT2D eigenvalue weighted by atomic mass is 10.2. The summed E-state index contributed by atoms with van der Waals surface area (Å²) in [5.74, 6) is -0.481. The van der Waals surface area contributed by atoms with Crippen molar-refractivity contribution in [2.45, 2.75) is 51.6 Å². The molecule has 0 saturated carbocycles. The maximum Gasteiger partial charge on any atom is 0.327 e. The molecule has 0 fully saturated rings. The molecule has 1 atom stereocenters. The third kappa shape index (κ3) is 4.88. The quantitative estimate of drug-likeness (QED) is 0.470. The van der Waals surface area contributed by atoms with Gasteiger partial charge in [-0.25, -0.2) is 0 Å². The summed E-state index contributed by atoms with van der Waals surface area (Å²) < 4.78 is 6.56. The van der Waals surface area contributed by atoms with Gasteiger partial charge in [0.1, 0.15) is 6.04 Å². The van der Waals surface area contributed by atoms with Crippen molar-refractivity contribution in [3.63, 3.8) is 0 Å². The Bertz CT molecular complexity index is 499. The molecule has 130 valence electrons. The van der Waals surface area contributed by atoms with Crippen LogP contribution in [-0.4, -0.2) is 43.8 Å². The van der Waals surface area contributed by atoms with Crippen LogP contribution in [0.25, 0.3) is 0 Å². The molecule has 0 spiro atoms. The first-order chi connectivity index (χ1) is 10.6. The number of aliphatic hydroxyl groups excluding tert-OH is 1. The van der Waals surface area contributed by atoms with Crippen LogP contribution in [0.5, 0.6) is 0 Å². The van der Waals surface area contributed by atoms with Gasteiger partial charge >= 0.3 is 5.97 Å². The van der Waals surface area contributed by atoms with Gasteiger partial charge in [0, 0.05) is 0 Å². The van der Waals surface area contributed by atoms with Crippen molar-refractivity contribution in [3.05, 3.63) is 35.9 Å². The van der Waals surface area contributed by atoms with Crippen molar-refractivity contribution in [3.8, 4) is 0 Å². The van der Waals surface area contributed by atoms with Crippen molar-refractivity contribution in [1.82, 2.24) is 4.73 Å². The Kier molecular flexibility index (Phi) is 6.95. The molecule has 0 unspecified atom stereocenters. The van der Waals surface area contributed by atoms with Crippen LogP contribution in [0.3, 0.4) is 0 Å². The van der Waals surface area contributed by atoms with Crippen LogP contribution in [0.15, 0.2) is 30.3 Å². The summed E-state index contributed by atoms with van der Waals surface area (Å²) in [7, 11) is -0.876. The normalized spacial score (nSPS) is 13.9. The molecule has 0 aromatic heterocycles. The second-order valence-corrected chi connectivity index (χ2v) is 12.2. The van der Waals surface area contributed by atoms with Crippen LogP contribution >= 0.6 is 0 Å². The number of carbonyl (C=O) groups is 1. The van der Waals surface area contributed by atoms with Crippen molar-refractivity contribution in [1.29, 1.82) is 0 Å². The van der Waals surface area contributed by atoms with E-state index < -0.39 is 20.2 Å². The standard InChI is InChI=1S/C17H29NO4Si/c1-17(2,3)23(5,6)18(15(12-19)16(20)21-4)22-13-14-10-8-7-9-11-14/h7-11,15,19H,12-13H2,1-6H3/t15-/m1/s1. The predicted molar refractivity (Wildman–Crippen MR) is 93.2 cm³/mol. The molecule has 0 radical (unpaired) electrons. The van der Waals surface area contributed by atoms with Crippen molar-refractivity contribution in [2.24, 2.45) is 0 Å². The van der Waals surface area contributed by atoms with E-state index in [1.165, 1.54) is 7.11 Å². The minimum Gasteiger partial charge on any atom is -0.468 e. The predicted octanol–water partition coefficient (Wildman–Crippen LogP) is 2.96. The van der Waals surface area contributed by atoms with E-state index >= 15 is 0 Å². The summed E-state index contributed by atoms with van der Waals surface area (Å²) in [6.45, 7) is 10.7. The molecular formula is C17H29NO4Si. The molecule has 0 bridgehead atoms. The third-order valence-corrected chi connectivity index (χ3v) is 9.74. The van der Waals surface area contributed by atoms with E-state index in [0.717, 1.165) is 5.56 Å². The largest absolute Gasteiger partial charge is 0.468 e. The van der Waals surface area contributed by atoms with Gasteiger partial charge < -0.3 is 14.7 Å². The molecule has 1 rings (SSSR count). The van der Waals surface area contributed by atoms with Crippen LogP contribution in [0.4, 0.5) is 0 Å². The van der Waals surface area contributed by atoms with Crippen molar-refractivity contribution < 1.29 is 19.5 Å². The molecule has 0 heterocycles. The molecule has 0 aliphatic heterocycles. The molecule has 23 heavy (non-hydrogen) atoms. The number of methoxy groups -OCH3 is 1. The molecule has 6 heteroatoms. The highest BCUT2D eigenvalue weighted by molar-refractivity contribution is 6.77. The number of benzene rings is 1. The van der Waals surface area contributed by atoms with Gasteiger partial charge in [0.15, 0.2) is 8.24 Å². The summed E-state index contributed by atoms with van der Waals surface area (Å²) in [6.07, 6.45) is 0. The molecule has 0 saturated heterocycles. The Labute approximate surface area is 140 Å². The highest BCUT2D eigenvalue weighted by atomic mass is 28.3. The van der Waals surface area contributed by atoms with E-state index in [1.54, 1.807) is 4.73 Å². The van der Waals surface area contributed by atoms with Gasteiger partial charge in [-0.3, -0.25) is 4.79 Å². The van der Waals surface area contributed by atoms with Gasteiger partial charge in [0.25, 0.3) is 0 Å². The molecule has 1 aromatic carbocycles. The number of nitrogens with zero attached hydrogens (tertiary/aromatic N) is 1. The lowest BCUT2D eigenvalue weighted by Gasteiger charge is -2.46. The summed E-state index contributed by atoms with van der Waals surface area (Å²) >= 11 is 0. The molecular weight excluding hydrogens is 310 g/mol. The highest BCUT2D eigenvalue weighted by Gasteiger charge is 2.47. The number of rotatable bonds is 7. The van der Waals surface area contributed by atoms with Gasteiger partial charge in [-0.1, -0.05) is 64.2 Å². The lowest BCUT2D eigenvalue weighted by molar-refractivity contribution is -0.178. The number of aliphatic hydroxyl groups is 1. The molecule has 1 aromatic rings. The number of hydroxylamine groups is 1. The Hall–Kier alpha value is -1.21. The fourth-order valence-electron chi connectivity index (χ4n) is 2.07. The molecule has 0 aliphatic carbocycles. The Balaban J connectivity index is 3.07. The molecule has 0 amide bonds. The maximum atomic E-state index is 12.1. The second-order valence-electron chi connectivity index (χ2n) is 7.12. The first-order valence-electron chi connectivity index (χ1n) is 7.80. The monoisotopic (exact) mass is 339 g/mol. The van der Waals surface area contributed by atoms with Crippen LogP contribution in [-0.2, 0) is 21.0 Å². The smallest absolute Gasteiger partial charge is 0.327 e. The average Bonchev–Trinajstić information content (AvgIpc) is 2.50. The summed E-state index contributed by atoms with van der Waals surface area (Å²) in [6, 6.07) is 8.95. The minimum absolute atomic E-state index is 0.0505. The van der Waals surface area contributed by atoms with E-state index in [1.807, 2.05) is 30.3 Å². The Morgan fingerprint density at radius 3 is 2.26 bits per heavy atom. The number of esters is 1. The zero-order chi connectivity index (χ0) is 17.7. The van der Waals surface area contributed by atoms with E-state index in [0.29, 0.717) is 6.61 Å². The summed E-state index contributed by atoms with van der Waals surface area (Å²) in [5.41, 5.74) is 1.01. The fourth-order valence-corrected chi connectivity index (χ4v) is 4.09. The van der Waals surface area contributed by atoms with Crippen LogP contribution in [0.2, 0.25) is 18.1 Å². The Morgan fingerprint density at radius 2 is 1.83 bits per heavy atom. The topological polar surface area (TPSA) is 59.0 Å². The second kappa shape index (κ2) is 8.05. The molecule has 0 aliphatic rings. The zero-order valence-electron chi connectivity index (χ0n) is 15.0. The molecule has 1 N–H and O–H groups in total. The molecule has 5 nitrogen and oxygen atoms in total. The minimum atomic E-state index is -2.20. The number of hydrogen-bond acceptors (Lipinski definition) is 5. The number of carbonyl (C=O) groups excluding carboxylic acids is 1. The van der Waals surface area contributed by atoms with E-state index in [2.05, 4.69) is 33.9 Å². The third-order valence-electron chi connectivity index (χ3n) is 4.53. The number of ether oxygens (including phenoxy) is 1. The van der Waals surface area contributed by atoms with Gasteiger partial charge in [0.05, 0.1) is 20.3 Å². The Morgan fingerprint density at radius 1 is 1.26 bits per heavy atom. The number of hydrogen-bond donors (Lipinski definition) is 1. The van der Waals surface area contributed by atoms with Gasteiger partial charge in [-0.15, -0.1) is 0 Å². The van der Waals surface area contributed by atoms with Crippen molar-refractivity contribution in [2.75, 3.05) is 13.7 Å². The maximum absolute atomic E-state index is 12.1. The van der Waals surface area contributed by atoms with E-state index in [9.17, 15) is 9.90 Å². The zero-order valence-corrected chi connectivity index (χ0v) is 16.0. The van der Waals surface area contributed by atoms with Crippen LogP contribution in [0, 0.1) is 0 Å².